The first kappa shape index (κ1) is 49.0. The van der Waals surface area contributed by atoms with Gasteiger partial charge in [-0.05, 0) is 154 Å². The molecule has 4 heteroatoms. The van der Waals surface area contributed by atoms with E-state index in [0.29, 0.717) is 0 Å². The Hall–Kier alpha value is -8.21. The van der Waals surface area contributed by atoms with E-state index < -0.39 is 0 Å². The molecule has 11 aromatic rings. The zero-order valence-electron chi connectivity index (χ0n) is 44.3. The van der Waals surface area contributed by atoms with Crippen molar-refractivity contribution in [3.05, 3.63) is 252 Å². The molecule has 0 N–H and O–H groups in total. The van der Waals surface area contributed by atoms with Crippen molar-refractivity contribution in [1.29, 1.82) is 0 Å². The van der Waals surface area contributed by atoms with Crippen LogP contribution < -0.4 is 0 Å². The van der Waals surface area contributed by atoms with E-state index in [4.69, 9.17) is 15.0 Å². The van der Waals surface area contributed by atoms with E-state index in [9.17, 15) is 0 Å². The van der Waals surface area contributed by atoms with Crippen LogP contribution in [0.25, 0.3) is 83.5 Å². The van der Waals surface area contributed by atoms with E-state index in [1.54, 1.807) is 0 Å². The van der Waals surface area contributed by atoms with Crippen LogP contribution in [0.4, 0.5) is 0 Å². The Morgan fingerprint density at radius 2 is 0.787 bits per heavy atom. The third kappa shape index (κ3) is 11.5. The summed E-state index contributed by atoms with van der Waals surface area (Å²) in [4.78, 5) is 14.5. The lowest BCUT2D eigenvalue weighted by molar-refractivity contribution is 0.411. The van der Waals surface area contributed by atoms with Gasteiger partial charge in [0.15, 0.2) is 0 Å². The van der Waals surface area contributed by atoms with Gasteiger partial charge in [0.1, 0.15) is 0 Å². The van der Waals surface area contributed by atoms with Gasteiger partial charge in [-0.2, -0.15) is 0 Å². The maximum atomic E-state index is 5.04. The Labute approximate surface area is 443 Å². The second kappa shape index (κ2) is 21.0. The molecule has 0 bridgehead atoms. The summed E-state index contributed by atoms with van der Waals surface area (Å²) in [7, 11) is 0. The number of rotatable bonds is 14. The standard InChI is InChI=1S/C71H66N4/c1-70(2,3)46-53-36-38-72-65(43-53)56-28-24-49(25-29-56)20-22-51-40-52(23-21-50-26-30-57(31-27-50)66-44-54(37-39-73-66)47-71(4,5)6)42-59(41-51)62-17-11-10-16-61(62)55-32-34-58(35-33-55)67-45-69-64(48-74-67)63-18-12-13-19-68(63)75(69)60-14-8-7-9-15-60/h7-19,24-45,48H,20-23,46-47H2,1-6H3. The van der Waals surface area contributed by atoms with Crippen LogP contribution in [0.5, 0.6) is 0 Å². The molecule has 370 valence electrons. The first-order chi connectivity index (χ1) is 36.4. The van der Waals surface area contributed by atoms with Crippen LogP contribution in [-0.4, -0.2) is 19.5 Å². The Morgan fingerprint density at radius 3 is 1.33 bits per heavy atom. The maximum Gasteiger partial charge on any atom is 0.0723 e. The summed E-state index contributed by atoms with van der Waals surface area (Å²) in [5.41, 5.74) is 23.2. The maximum absolute atomic E-state index is 5.04. The molecule has 0 aliphatic carbocycles. The fourth-order valence-electron chi connectivity index (χ4n) is 10.9. The topological polar surface area (TPSA) is 43.6 Å². The molecule has 0 saturated carbocycles. The van der Waals surface area contributed by atoms with Crippen LogP contribution in [-0.2, 0) is 38.5 Å². The van der Waals surface area contributed by atoms with Crippen LogP contribution in [0.3, 0.4) is 0 Å². The smallest absolute Gasteiger partial charge is 0.0723 e. The van der Waals surface area contributed by atoms with Gasteiger partial charge in [-0.1, -0.05) is 193 Å². The summed E-state index contributed by atoms with van der Waals surface area (Å²) in [5, 5.41) is 2.35. The molecule has 0 fully saturated rings. The molecule has 0 amide bonds. The lowest BCUT2D eigenvalue weighted by Crippen LogP contribution is -2.09. The van der Waals surface area contributed by atoms with E-state index in [-0.39, 0.29) is 10.8 Å². The Morgan fingerprint density at radius 1 is 0.333 bits per heavy atom. The van der Waals surface area contributed by atoms with Gasteiger partial charge < -0.3 is 4.57 Å². The lowest BCUT2D eigenvalue weighted by atomic mass is 9.88. The summed E-state index contributed by atoms with van der Waals surface area (Å²) in [6.07, 6.45) is 11.8. The quantitative estimate of drug-likeness (QED) is 0.109. The van der Waals surface area contributed by atoms with Crippen LogP contribution in [0.15, 0.2) is 219 Å². The second-order valence-corrected chi connectivity index (χ2v) is 22.9. The highest BCUT2D eigenvalue weighted by Gasteiger charge is 2.17. The van der Waals surface area contributed by atoms with Crippen LogP contribution in [0.2, 0.25) is 0 Å². The van der Waals surface area contributed by atoms with Gasteiger partial charge in [-0.15, -0.1) is 0 Å². The molecule has 0 spiro atoms. The number of aromatic nitrogens is 4. The minimum absolute atomic E-state index is 0.221. The van der Waals surface area contributed by atoms with Gasteiger partial charge in [0.05, 0.1) is 28.1 Å². The molecule has 11 rings (SSSR count). The van der Waals surface area contributed by atoms with Gasteiger partial charge in [0.2, 0.25) is 0 Å². The molecule has 0 radical (unpaired) electrons. The van der Waals surface area contributed by atoms with Gasteiger partial charge in [0, 0.05) is 51.7 Å². The van der Waals surface area contributed by atoms with E-state index in [1.165, 1.54) is 66.5 Å². The minimum Gasteiger partial charge on any atom is -0.309 e. The summed E-state index contributed by atoms with van der Waals surface area (Å²) >= 11 is 0. The predicted octanol–water partition coefficient (Wildman–Crippen LogP) is 18.1. The van der Waals surface area contributed by atoms with Crippen molar-refractivity contribution in [2.24, 2.45) is 10.8 Å². The second-order valence-electron chi connectivity index (χ2n) is 22.9. The molecule has 0 aliphatic heterocycles. The van der Waals surface area contributed by atoms with Crippen molar-refractivity contribution in [2.45, 2.75) is 80.1 Å². The molecule has 75 heavy (non-hydrogen) atoms. The Balaban J connectivity index is 0.878. The number of hydrogen-bond donors (Lipinski definition) is 0. The third-order valence-corrected chi connectivity index (χ3v) is 14.4. The molecule has 0 unspecified atom stereocenters. The first-order valence-electron chi connectivity index (χ1n) is 26.7. The SMILES string of the molecule is CC(C)(C)Cc1ccnc(-c2ccc(CCc3cc(CCc4ccc(-c5cc(CC(C)(C)C)ccn5)cc4)cc(-c4ccccc4-c4ccc(-c5cc6c(cn5)c5ccccc5n6-c5ccccc5)cc4)c3)cc2)c1. The highest BCUT2D eigenvalue weighted by Crippen LogP contribution is 2.37. The van der Waals surface area contributed by atoms with Gasteiger partial charge >= 0.3 is 0 Å². The molecular weight excluding hydrogens is 909 g/mol. The number of aryl methyl sites for hydroxylation is 4. The largest absolute Gasteiger partial charge is 0.309 e. The molecule has 4 aromatic heterocycles. The monoisotopic (exact) mass is 975 g/mol. The highest BCUT2D eigenvalue weighted by atomic mass is 15.0. The normalized spacial score (nSPS) is 11.9. The predicted molar refractivity (Wildman–Crippen MR) is 315 cm³/mol. The molecule has 4 nitrogen and oxygen atoms in total. The Kier molecular flexibility index (Phi) is 13.7. The molecule has 4 heterocycles. The van der Waals surface area contributed by atoms with Crippen molar-refractivity contribution in [1.82, 2.24) is 19.5 Å². The van der Waals surface area contributed by atoms with Crippen molar-refractivity contribution >= 4 is 21.8 Å². The fraction of sp³-hybridized carbons (Fsp3) is 0.197. The molecule has 0 aliphatic rings. The average Bonchev–Trinajstić information content (AvgIpc) is 3.76. The van der Waals surface area contributed by atoms with Gasteiger partial charge in [0.25, 0.3) is 0 Å². The molecule has 0 atom stereocenters. The number of pyridine rings is 3. The molecular formula is C71H66N4. The summed E-state index contributed by atoms with van der Waals surface area (Å²) in [6.45, 7) is 13.7. The fourth-order valence-corrected chi connectivity index (χ4v) is 10.9. The van der Waals surface area contributed by atoms with E-state index in [1.807, 2.05) is 18.6 Å². The van der Waals surface area contributed by atoms with E-state index >= 15 is 0 Å². The van der Waals surface area contributed by atoms with E-state index in [2.05, 4.69) is 246 Å². The van der Waals surface area contributed by atoms with Crippen LogP contribution in [0, 0.1) is 10.8 Å². The van der Waals surface area contributed by atoms with Gasteiger partial charge in [-0.3, -0.25) is 15.0 Å². The van der Waals surface area contributed by atoms with Crippen molar-refractivity contribution in [3.8, 4) is 61.7 Å². The molecule has 0 saturated heterocycles. The number of nitrogens with zero attached hydrogens (tertiary/aromatic N) is 4. The third-order valence-electron chi connectivity index (χ3n) is 14.4. The molecule has 7 aromatic carbocycles. The number of benzene rings is 7. The number of hydrogen-bond acceptors (Lipinski definition) is 3. The van der Waals surface area contributed by atoms with Crippen molar-refractivity contribution < 1.29 is 0 Å². The zero-order valence-corrected chi connectivity index (χ0v) is 44.3. The average molecular weight is 975 g/mol. The van der Waals surface area contributed by atoms with Crippen LogP contribution in [0.1, 0.15) is 74.9 Å². The number of fused-ring (bicyclic) bond motifs is 3. The van der Waals surface area contributed by atoms with Crippen molar-refractivity contribution in [2.75, 3.05) is 0 Å². The zero-order chi connectivity index (χ0) is 51.5. The minimum atomic E-state index is 0.221. The summed E-state index contributed by atoms with van der Waals surface area (Å²) < 4.78 is 2.35. The summed E-state index contributed by atoms with van der Waals surface area (Å²) in [5.74, 6) is 0. The first-order valence-corrected chi connectivity index (χ1v) is 26.7. The van der Waals surface area contributed by atoms with Crippen molar-refractivity contribution in [3.63, 3.8) is 0 Å². The van der Waals surface area contributed by atoms with E-state index in [0.717, 1.165) is 88.9 Å². The summed E-state index contributed by atoms with van der Waals surface area (Å²) in [6, 6.07) is 73.6. The van der Waals surface area contributed by atoms with Gasteiger partial charge in [-0.25, -0.2) is 0 Å². The highest BCUT2D eigenvalue weighted by molar-refractivity contribution is 6.09. The Bertz CT molecular complexity index is 3630. The number of para-hydroxylation sites is 2. The van der Waals surface area contributed by atoms with Crippen LogP contribution >= 0.6 is 0 Å². The lowest BCUT2D eigenvalue weighted by Gasteiger charge is -2.18.